The molecule has 1 fully saturated rings. The summed E-state index contributed by atoms with van der Waals surface area (Å²) in [6, 6.07) is 12.9. The second kappa shape index (κ2) is 14.0. The number of nitrogens with one attached hydrogen (secondary N) is 2. The molecule has 3 aromatic carbocycles. The Kier molecular flexibility index (Phi) is 10.1. The molecule has 0 atom stereocenters. The number of barbiturate groups is 1. The molecule has 2 N–H and O–H groups in total. The Labute approximate surface area is 257 Å². The first-order chi connectivity index (χ1) is 20.6. The quantitative estimate of drug-likeness (QED) is 0.211. The zero-order valence-electron chi connectivity index (χ0n) is 23.4. The van der Waals surface area contributed by atoms with Crippen LogP contribution in [0.25, 0.3) is 6.08 Å². The number of anilines is 2. The highest BCUT2D eigenvalue weighted by Gasteiger charge is 2.37. The minimum absolute atomic E-state index is 0.182. The van der Waals surface area contributed by atoms with Gasteiger partial charge in [-0.2, -0.15) is 0 Å². The second-order valence-corrected chi connectivity index (χ2v) is 9.83. The highest BCUT2D eigenvalue weighted by Crippen LogP contribution is 2.34. The molecule has 0 unspecified atom stereocenters. The van der Waals surface area contributed by atoms with Gasteiger partial charge in [0, 0.05) is 11.8 Å². The summed E-state index contributed by atoms with van der Waals surface area (Å²) in [5, 5.41) is 5.48. The Morgan fingerprint density at radius 1 is 0.884 bits per heavy atom. The number of hydrogen-bond donors (Lipinski definition) is 2. The van der Waals surface area contributed by atoms with Crippen LogP contribution in [0.2, 0.25) is 10.0 Å². The molecule has 0 bridgehead atoms. The summed E-state index contributed by atoms with van der Waals surface area (Å²) in [6.45, 7) is 2.07. The van der Waals surface area contributed by atoms with E-state index in [1.165, 1.54) is 50.6 Å². The predicted molar refractivity (Wildman–Crippen MR) is 161 cm³/mol. The van der Waals surface area contributed by atoms with Crippen LogP contribution in [0.15, 0.2) is 60.2 Å². The Morgan fingerprint density at radius 3 is 2.28 bits per heavy atom. The molecule has 4 rings (SSSR count). The van der Waals surface area contributed by atoms with Crippen molar-refractivity contribution >= 4 is 64.4 Å². The van der Waals surface area contributed by atoms with Crippen LogP contribution >= 0.6 is 23.2 Å². The summed E-state index contributed by atoms with van der Waals surface area (Å²) in [6.07, 6.45) is 2.10. The third-order valence-corrected chi connectivity index (χ3v) is 6.77. The molecule has 11 nitrogen and oxygen atoms in total. The van der Waals surface area contributed by atoms with Gasteiger partial charge in [0.15, 0.2) is 29.6 Å². The second-order valence-electron chi connectivity index (χ2n) is 9.02. The lowest BCUT2D eigenvalue weighted by atomic mass is 10.1. The number of imide groups is 2. The van der Waals surface area contributed by atoms with E-state index in [0.29, 0.717) is 39.4 Å². The maximum Gasteiger partial charge on any atom is 0.335 e. The molecule has 43 heavy (non-hydrogen) atoms. The van der Waals surface area contributed by atoms with Gasteiger partial charge >= 0.3 is 6.03 Å². The van der Waals surface area contributed by atoms with E-state index in [0.717, 1.165) is 11.3 Å². The molecular weight excluding hydrogens is 601 g/mol. The van der Waals surface area contributed by atoms with Crippen LogP contribution < -0.4 is 34.5 Å². The van der Waals surface area contributed by atoms with E-state index in [-0.39, 0.29) is 29.4 Å². The number of hydrogen-bond acceptors (Lipinski definition) is 8. The molecule has 0 radical (unpaired) electrons. The molecule has 0 saturated carbocycles. The van der Waals surface area contributed by atoms with E-state index in [4.69, 9.17) is 42.1 Å². The van der Waals surface area contributed by atoms with Crippen molar-refractivity contribution in [2.45, 2.75) is 13.3 Å². The first-order valence-corrected chi connectivity index (χ1v) is 13.7. The van der Waals surface area contributed by atoms with Gasteiger partial charge < -0.3 is 24.3 Å². The smallest absolute Gasteiger partial charge is 0.335 e. The number of rotatable bonds is 11. The minimum atomic E-state index is -0.906. The summed E-state index contributed by atoms with van der Waals surface area (Å²) in [7, 11) is 2.84. The van der Waals surface area contributed by atoms with Gasteiger partial charge in [-0.1, -0.05) is 36.2 Å². The molecule has 0 spiro atoms. The average Bonchev–Trinajstić information content (AvgIpc) is 2.99. The van der Waals surface area contributed by atoms with Crippen LogP contribution in [0.1, 0.15) is 18.9 Å². The van der Waals surface area contributed by atoms with Gasteiger partial charge in [0.1, 0.15) is 5.57 Å². The number of halogens is 2. The molecular formula is C30H27Cl2N3O8. The number of benzene rings is 3. The van der Waals surface area contributed by atoms with Crippen molar-refractivity contribution in [1.82, 2.24) is 5.32 Å². The van der Waals surface area contributed by atoms with Gasteiger partial charge in [-0.15, -0.1) is 0 Å². The third kappa shape index (κ3) is 7.37. The van der Waals surface area contributed by atoms with E-state index >= 15 is 0 Å². The summed E-state index contributed by atoms with van der Waals surface area (Å²) >= 11 is 11.9. The Balaban J connectivity index is 1.51. The predicted octanol–water partition coefficient (Wildman–Crippen LogP) is 5.48. The molecule has 1 aliphatic heterocycles. The van der Waals surface area contributed by atoms with Crippen molar-refractivity contribution in [3.8, 4) is 23.0 Å². The van der Waals surface area contributed by atoms with Gasteiger partial charge in [0.05, 0.1) is 36.6 Å². The van der Waals surface area contributed by atoms with Crippen molar-refractivity contribution in [3.05, 3.63) is 75.8 Å². The van der Waals surface area contributed by atoms with Crippen LogP contribution in [0.5, 0.6) is 23.0 Å². The third-order valence-electron chi connectivity index (χ3n) is 6.03. The summed E-state index contributed by atoms with van der Waals surface area (Å²) in [5.41, 5.74) is 0.737. The number of urea groups is 1. The lowest BCUT2D eigenvalue weighted by Crippen LogP contribution is -2.54. The first kappa shape index (κ1) is 31.2. The van der Waals surface area contributed by atoms with Crippen LogP contribution in [-0.2, 0) is 14.4 Å². The van der Waals surface area contributed by atoms with E-state index in [1.54, 1.807) is 24.3 Å². The van der Waals surface area contributed by atoms with Gasteiger partial charge in [-0.05, 0) is 60.5 Å². The molecule has 0 aliphatic carbocycles. The lowest BCUT2D eigenvalue weighted by molar-refractivity contribution is -0.122. The number of carbonyl (C=O) groups excluding carboxylic acids is 4. The number of methoxy groups -OCH3 is 2. The fourth-order valence-electron chi connectivity index (χ4n) is 3.99. The van der Waals surface area contributed by atoms with E-state index in [1.807, 2.05) is 6.92 Å². The monoisotopic (exact) mass is 627 g/mol. The van der Waals surface area contributed by atoms with Gasteiger partial charge in [0.2, 0.25) is 0 Å². The average molecular weight is 628 g/mol. The molecule has 1 heterocycles. The molecule has 5 amide bonds. The molecule has 13 heteroatoms. The number of nitrogens with zero attached hydrogens (tertiary/aromatic N) is 1. The zero-order valence-corrected chi connectivity index (χ0v) is 24.9. The number of carbonyl (C=O) groups is 4. The Morgan fingerprint density at radius 2 is 1.58 bits per heavy atom. The maximum atomic E-state index is 13.4. The summed E-state index contributed by atoms with van der Waals surface area (Å²) in [5.74, 6) is -0.910. The largest absolute Gasteiger partial charge is 0.493 e. The molecule has 0 aromatic heterocycles. The fourth-order valence-corrected chi connectivity index (χ4v) is 4.29. The number of ether oxygens (including phenoxy) is 4. The van der Waals surface area contributed by atoms with E-state index in [2.05, 4.69) is 10.6 Å². The van der Waals surface area contributed by atoms with E-state index in [9.17, 15) is 19.2 Å². The van der Waals surface area contributed by atoms with Gasteiger partial charge in [0.25, 0.3) is 17.7 Å². The van der Waals surface area contributed by atoms with Crippen molar-refractivity contribution in [2.75, 3.05) is 37.7 Å². The lowest BCUT2D eigenvalue weighted by Gasteiger charge is -2.27. The SMILES string of the molecule is CCCOc1ccc(N2C(=O)NC(=O)/C(=C/c3ccc(OCC(=O)Nc4ccc(Cl)c(Cl)c4)c(OC)c3)C2=O)cc1OC. The maximum absolute atomic E-state index is 13.4. The Hall–Kier alpha value is -4.74. The topological polar surface area (TPSA) is 132 Å². The summed E-state index contributed by atoms with van der Waals surface area (Å²) in [4.78, 5) is 51.9. The van der Waals surface area contributed by atoms with Crippen LogP contribution in [0, 0.1) is 0 Å². The van der Waals surface area contributed by atoms with Crippen molar-refractivity contribution in [2.24, 2.45) is 0 Å². The van der Waals surface area contributed by atoms with Crippen molar-refractivity contribution in [3.63, 3.8) is 0 Å². The zero-order chi connectivity index (χ0) is 31.1. The normalized spacial score (nSPS) is 13.9. The highest BCUT2D eigenvalue weighted by atomic mass is 35.5. The minimum Gasteiger partial charge on any atom is -0.493 e. The fraction of sp³-hybridized carbons (Fsp3) is 0.200. The van der Waals surface area contributed by atoms with Gasteiger partial charge in [-0.25, -0.2) is 9.69 Å². The molecule has 3 aromatic rings. The van der Waals surface area contributed by atoms with Crippen molar-refractivity contribution in [1.29, 1.82) is 0 Å². The highest BCUT2D eigenvalue weighted by molar-refractivity contribution is 6.42. The van der Waals surface area contributed by atoms with Crippen LogP contribution in [0.3, 0.4) is 0 Å². The molecule has 1 aliphatic rings. The van der Waals surface area contributed by atoms with Crippen LogP contribution in [0.4, 0.5) is 16.2 Å². The standard InChI is InChI=1S/C30H27Cl2N3O8/c1-4-11-42-23-10-7-19(15-26(23)41-3)35-29(38)20(28(37)34-30(35)39)12-17-5-9-24(25(13-17)40-2)43-16-27(36)33-18-6-8-21(31)22(32)14-18/h5-10,12-15H,4,11,16H2,1-3H3,(H,33,36)(H,34,37,39)/b20-12-. The van der Waals surface area contributed by atoms with Crippen molar-refractivity contribution < 1.29 is 38.1 Å². The van der Waals surface area contributed by atoms with Crippen LogP contribution in [-0.4, -0.2) is 51.2 Å². The molecule has 224 valence electrons. The van der Waals surface area contributed by atoms with Gasteiger partial charge in [-0.3, -0.25) is 19.7 Å². The first-order valence-electron chi connectivity index (χ1n) is 12.9. The molecule has 1 saturated heterocycles. The summed E-state index contributed by atoms with van der Waals surface area (Å²) < 4.78 is 22.0. The van der Waals surface area contributed by atoms with E-state index < -0.39 is 23.8 Å². The number of amides is 5. The Bertz CT molecular complexity index is 1610.